The molecule has 0 amide bonds. The lowest BCUT2D eigenvalue weighted by atomic mass is 9.80. The zero-order valence-corrected chi connectivity index (χ0v) is 5.62. The number of rotatable bonds is 1. The molecule has 4 heteroatoms. The van der Waals surface area contributed by atoms with Gasteiger partial charge < -0.3 is 10.7 Å². The predicted octanol–water partition coefficient (Wildman–Crippen LogP) is 0.00940. The summed E-state index contributed by atoms with van der Waals surface area (Å²) in [5, 5.41) is 7.62. The molecule has 1 aromatic rings. The van der Waals surface area contributed by atoms with Crippen LogP contribution >= 0.6 is 0 Å². The van der Waals surface area contributed by atoms with E-state index in [2.05, 4.69) is 15.2 Å². The lowest BCUT2D eigenvalue weighted by molar-refractivity contribution is 0.339. The van der Waals surface area contributed by atoms with Gasteiger partial charge in [-0.1, -0.05) is 0 Å². The number of nitrogens with one attached hydrogen (secondary N) is 1. The third-order valence-corrected chi connectivity index (χ3v) is 2.00. The lowest BCUT2D eigenvalue weighted by Crippen LogP contribution is -2.35. The van der Waals surface area contributed by atoms with E-state index in [1.54, 1.807) is 6.33 Å². The van der Waals surface area contributed by atoms with Crippen molar-refractivity contribution in [3.05, 3.63) is 12.2 Å². The van der Waals surface area contributed by atoms with Gasteiger partial charge in [-0.3, -0.25) is 0 Å². The summed E-state index contributed by atoms with van der Waals surface area (Å²) in [5.74, 6) is 1.53. The molecular formula is C6H10N4. The van der Waals surface area contributed by atoms with Crippen LogP contribution in [0.1, 0.15) is 24.6 Å². The first-order valence-electron chi connectivity index (χ1n) is 3.48. The van der Waals surface area contributed by atoms with Crippen LogP contribution < -0.4 is 5.73 Å². The molecule has 1 aliphatic rings. The van der Waals surface area contributed by atoms with Gasteiger partial charge in [-0.05, 0) is 12.8 Å². The number of hydrogen-bond acceptors (Lipinski definition) is 3. The molecule has 1 saturated carbocycles. The average Bonchev–Trinajstić information content (AvgIpc) is 2.31. The van der Waals surface area contributed by atoms with Gasteiger partial charge in [0.1, 0.15) is 12.2 Å². The van der Waals surface area contributed by atoms with Crippen molar-refractivity contribution < 1.29 is 0 Å². The highest BCUT2D eigenvalue weighted by Gasteiger charge is 2.29. The van der Waals surface area contributed by atoms with Gasteiger partial charge in [-0.15, -0.1) is 10.2 Å². The second kappa shape index (κ2) is 2.05. The summed E-state index contributed by atoms with van der Waals surface area (Å²) in [6.45, 7) is 0. The molecule has 1 aliphatic carbocycles. The minimum absolute atomic E-state index is 0.384. The summed E-state index contributed by atoms with van der Waals surface area (Å²) in [5.41, 5.74) is 5.61. The number of nitrogens with zero attached hydrogens (tertiary/aromatic N) is 2. The van der Waals surface area contributed by atoms with Crippen molar-refractivity contribution in [3.63, 3.8) is 0 Å². The standard InChI is InChI=1S/C6H10N4/c7-5-1-4(2-5)6-8-3-9-10-6/h3-5H,1-2,7H2,(H,8,9,10)/t4-,5+. The van der Waals surface area contributed by atoms with Gasteiger partial charge >= 0.3 is 0 Å². The van der Waals surface area contributed by atoms with Crippen LogP contribution in [0.25, 0.3) is 0 Å². The normalized spacial score (nSPS) is 31.7. The van der Waals surface area contributed by atoms with Crippen LogP contribution in [0, 0.1) is 0 Å². The third-order valence-electron chi connectivity index (χ3n) is 2.00. The van der Waals surface area contributed by atoms with Gasteiger partial charge in [0.25, 0.3) is 0 Å². The molecule has 2 rings (SSSR count). The summed E-state index contributed by atoms with van der Waals surface area (Å²) in [6.07, 6.45) is 3.71. The van der Waals surface area contributed by atoms with Crippen molar-refractivity contribution in [1.29, 1.82) is 0 Å². The Morgan fingerprint density at radius 1 is 1.60 bits per heavy atom. The summed E-state index contributed by atoms with van der Waals surface area (Å²) >= 11 is 0. The molecule has 4 nitrogen and oxygen atoms in total. The summed E-state index contributed by atoms with van der Waals surface area (Å²) < 4.78 is 0. The average molecular weight is 138 g/mol. The molecule has 54 valence electrons. The highest BCUT2D eigenvalue weighted by molar-refractivity contribution is 5.02. The van der Waals surface area contributed by atoms with E-state index in [-0.39, 0.29) is 0 Å². The van der Waals surface area contributed by atoms with E-state index in [9.17, 15) is 0 Å². The first kappa shape index (κ1) is 5.85. The molecule has 0 aromatic carbocycles. The Balaban J connectivity index is 2.04. The van der Waals surface area contributed by atoms with Crippen LogP contribution in [0.15, 0.2) is 6.33 Å². The Bertz CT molecular complexity index is 200. The molecule has 0 saturated heterocycles. The Morgan fingerprint density at radius 3 is 2.90 bits per heavy atom. The molecule has 0 radical (unpaired) electrons. The van der Waals surface area contributed by atoms with E-state index in [0.717, 1.165) is 18.7 Å². The van der Waals surface area contributed by atoms with E-state index in [4.69, 9.17) is 5.73 Å². The van der Waals surface area contributed by atoms with Crippen LogP contribution in [-0.4, -0.2) is 21.2 Å². The fourth-order valence-electron chi connectivity index (χ4n) is 1.30. The highest BCUT2D eigenvalue weighted by atomic mass is 15.2. The van der Waals surface area contributed by atoms with E-state index in [0.29, 0.717) is 12.0 Å². The molecule has 0 atom stereocenters. The summed E-state index contributed by atoms with van der Waals surface area (Å²) in [7, 11) is 0. The third kappa shape index (κ3) is 0.806. The molecule has 10 heavy (non-hydrogen) atoms. The van der Waals surface area contributed by atoms with E-state index >= 15 is 0 Å². The van der Waals surface area contributed by atoms with Crippen LogP contribution in [0.5, 0.6) is 0 Å². The predicted molar refractivity (Wildman–Crippen MR) is 36.3 cm³/mol. The topological polar surface area (TPSA) is 67.6 Å². The van der Waals surface area contributed by atoms with E-state index in [1.165, 1.54) is 0 Å². The lowest BCUT2D eigenvalue weighted by Gasteiger charge is -2.30. The highest BCUT2D eigenvalue weighted by Crippen LogP contribution is 2.32. The van der Waals surface area contributed by atoms with Gasteiger partial charge in [0.15, 0.2) is 0 Å². The number of aromatic nitrogens is 3. The Hall–Kier alpha value is -0.900. The molecule has 1 aromatic heterocycles. The summed E-state index contributed by atoms with van der Waals surface area (Å²) in [4.78, 5) is 2.98. The fraction of sp³-hybridized carbons (Fsp3) is 0.667. The maximum atomic E-state index is 5.61. The Labute approximate surface area is 58.8 Å². The van der Waals surface area contributed by atoms with Crippen molar-refractivity contribution in [2.75, 3.05) is 0 Å². The fourth-order valence-corrected chi connectivity index (χ4v) is 1.30. The number of H-pyrrole nitrogens is 1. The molecule has 1 fully saturated rings. The van der Waals surface area contributed by atoms with Crippen molar-refractivity contribution in [2.45, 2.75) is 24.8 Å². The zero-order chi connectivity index (χ0) is 6.97. The SMILES string of the molecule is N[C@H]1C[C@@H](c2nnc[nH]2)C1. The van der Waals surface area contributed by atoms with Crippen molar-refractivity contribution in [2.24, 2.45) is 5.73 Å². The monoisotopic (exact) mass is 138 g/mol. The van der Waals surface area contributed by atoms with Gasteiger partial charge in [-0.2, -0.15) is 0 Å². The Kier molecular flexibility index (Phi) is 1.20. The van der Waals surface area contributed by atoms with Crippen LogP contribution in [0.3, 0.4) is 0 Å². The zero-order valence-electron chi connectivity index (χ0n) is 5.62. The number of nitrogens with two attached hydrogens (primary N) is 1. The van der Waals surface area contributed by atoms with Gasteiger partial charge in [-0.25, -0.2) is 0 Å². The largest absolute Gasteiger partial charge is 0.331 e. The molecule has 0 bridgehead atoms. The first-order chi connectivity index (χ1) is 4.86. The van der Waals surface area contributed by atoms with Crippen LogP contribution in [-0.2, 0) is 0 Å². The molecule has 3 N–H and O–H groups in total. The second-order valence-electron chi connectivity index (χ2n) is 2.80. The second-order valence-corrected chi connectivity index (χ2v) is 2.80. The minimum Gasteiger partial charge on any atom is -0.331 e. The van der Waals surface area contributed by atoms with Gasteiger partial charge in [0.2, 0.25) is 0 Å². The Morgan fingerprint density at radius 2 is 2.40 bits per heavy atom. The maximum absolute atomic E-state index is 5.61. The summed E-state index contributed by atoms with van der Waals surface area (Å²) in [6, 6.07) is 0.384. The van der Waals surface area contributed by atoms with Gasteiger partial charge in [0, 0.05) is 12.0 Å². The van der Waals surface area contributed by atoms with Gasteiger partial charge in [0.05, 0.1) is 0 Å². The smallest absolute Gasteiger partial charge is 0.133 e. The molecule has 1 heterocycles. The van der Waals surface area contributed by atoms with Crippen molar-refractivity contribution in [3.8, 4) is 0 Å². The van der Waals surface area contributed by atoms with E-state index in [1.807, 2.05) is 0 Å². The minimum atomic E-state index is 0.384. The molecule has 0 aliphatic heterocycles. The van der Waals surface area contributed by atoms with Crippen LogP contribution in [0.2, 0.25) is 0 Å². The number of hydrogen-bond donors (Lipinski definition) is 2. The van der Waals surface area contributed by atoms with E-state index < -0.39 is 0 Å². The maximum Gasteiger partial charge on any atom is 0.133 e. The number of aromatic amines is 1. The van der Waals surface area contributed by atoms with Crippen molar-refractivity contribution in [1.82, 2.24) is 15.2 Å². The van der Waals surface area contributed by atoms with Crippen molar-refractivity contribution >= 4 is 0 Å². The quantitative estimate of drug-likeness (QED) is 0.574. The van der Waals surface area contributed by atoms with Crippen LogP contribution in [0.4, 0.5) is 0 Å². The first-order valence-corrected chi connectivity index (χ1v) is 3.48. The molecule has 0 spiro atoms. The molecular weight excluding hydrogens is 128 g/mol. The molecule has 0 unspecified atom stereocenters.